The molecule has 104 valence electrons. The van der Waals surface area contributed by atoms with Crippen LogP contribution in [0.3, 0.4) is 0 Å². The molecule has 0 bridgehead atoms. The fourth-order valence-electron chi connectivity index (χ4n) is 3.13. The van der Waals surface area contributed by atoms with E-state index in [1.165, 1.54) is 6.26 Å². The van der Waals surface area contributed by atoms with E-state index in [9.17, 15) is 13.2 Å². The van der Waals surface area contributed by atoms with E-state index in [4.69, 9.17) is 5.73 Å². The van der Waals surface area contributed by atoms with Crippen molar-refractivity contribution in [3.63, 3.8) is 0 Å². The van der Waals surface area contributed by atoms with Gasteiger partial charge in [0.15, 0.2) is 0 Å². The van der Waals surface area contributed by atoms with E-state index in [1.807, 2.05) is 0 Å². The van der Waals surface area contributed by atoms with Gasteiger partial charge in [0.2, 0.25) is 0 Å². The molecule has 2 atom stereocenters. The molecule has 0 radical (unpaired) electrons. The summed E-state index contributed by atoms with van der Waals surface area (Å²) in [5.74, 6) is 0.102. The van der Waals surface area contributed by atoms with Crippen LogP contribution in [-0.4, -0.2) is 31.2 Å². The van der Waals surface area contributed by atoms with Crippen molar-refractivity contribution in [1.82, 2.24) is 0 Å². The summed E-state index contributed by atoms with van der Waals surface area (Å²) in [6.07, 6.45) is 7.58. The number of carbonyl (C=O) groups is 1. The zero-order valence-corrected chi connectivity index (χ0v) is 11.8. The summed E-state index contributed by atoms with van der Waals surface area (Å²) >= 11 is 0. The van der Waals surface area contributed by atoms with Crippen LogP contribution >= 0.6 is 0 Å². The van der Waals surface area contributed by atoms with Crippen LogP contribution < -0.4 is 5.73 Å². The van der Waals surface area contributed by atoms with Gasteiger partial charge >= 0.3 is 0 Å². The molecule has 0 amide bonds. The van der Waals surface area contributed by atoms with E-state index in [0.29, 0.717) is 19.3 Å². The summed E-state index contributed by atoms with van der Waals surface area (Å²) in [4.78, 5) is 12.2. The average Bonchev–Trinajstić information content (AvgIpc) is 2.26. The molecule has 0 aromatic heterocycles. The first-order chi connectivity index (χ1) is 8.30. The first-order valence-corrected chi connectivity index (χ1v) is 8.76. The number of ketones is 1. The molecule has 0 aromatic carbocycles. The Hall–Kier alpha value is -0.420. The number of rotatable bonds is 4. The van der Waals surface area contributed by atoms with Crippen molar-refractivity contribution >= 4 is 15.6 Å². The minimum Gasteiger partial charge on any atom is -0.325 e. The number of sulfone groups is 1. The summed E-state index contributed by atoms with van der Waals surface area (Å²) in [5, 5.41) is -0.324. The van der Waals surface area contributed by atoms with Gasteiger partial charge in [-0.2, -0.15) is 0 Å². The van der Waals surface area contributed by atoms with Crippen LogP contribution in [0.1, 0.15) is 51.4 Å². The van der Waals surface area contributed by atoms with Gasteiger partial charge in [-0.3, -0.25) is 4.79 Å². The highest BCUT2D eigenvalue weighted by Crippen LogP contribution is 2.36. The molecular formula is C13H23NO3S. The van der Waals surface area contributed by atoms with Crippen molar-refractivity contribution in [3.05, 3.63) is 0 Å². The van der Waals surface area contributed by atoms with Gasteiger partial charge in [-0.1, -0.05) is 6.42 Å². The van der Waals surface area contributed by atoms with Crippen LogP contribution in [0.5, 0.6) is 0 Å². The van der Waals surface area contributed by atoms with E-state index in [2.05, 4.69) is 0 Å². The third-order valence-corrected chi connectivity index (χ3v) is 6.20. The molecule has 2 unspecified atom stereocenters. The van der Waals surface area contributed by atoms with Crippen molar-refractivity contribution in [2.24, 2.45) is 11.7 Å². The number of carbonyl (C=O) groups excluding carboxylic acids is 1. The Morgan fingerprint density at radius 2 is 1.94 bits per heavy atom. The summed E-state index contributed by atoms with van der Waals surface area (Å²) in [6, 6.07) is 0. The van der Waals surface area contributed by atoms with Gasteiger partial charge in [-0.05, 0) is 38.5 Å². The maximum Gasteiger partial charge on any atom is 0.150 e. The molecule has 18 heavy (non-hydrogen) atoms. The van der Waals surface area contributed by atoms with Crippen molar-refractivity contribution in [3.8, 4) is 0 Å². The quantitative estimate of drug-likeness (QED) is 0.840. The van der Waals surface area contributed by atoms with Gasteiger partial charge in [-0.15, -0.1) is 0 Å². The molecule has 0 aromatic rings. The smallest absolute Gasteiger partial charge is 0.150 e. The van der Waals surface area contributed by atoms with Gasteiger partial charge in [0.05, 0.1) is 5.25 Å². The molecular weight excluding hydrogens is 250 g/mol. The molecule has 0 spiro atoms. The number of Topliss-reactive ketones (excluding diaryl/α,β-unsaturated/α-hetero) is 1. The number of hydrogen-bond acceptors (Lipinski definition) is 4. The van der Waals surface area contributed by atoms with Crippen molar-refractivity contribution in [2.75, 3.05) is 6.26 Å². The molecule has 2 N–H and O–H groups in total. The van der Waals surface area contributed by atoms with Gasteiger partial charge < -0.3 is 5.73 Å². The molecule has 0 aliphatic heterocycles. The molecule has 2 aliphatic carbocycles. The fraction of sp³-hybridized carbons (Fsp3) is 0.923. The molecule has 4 nitrogen and oxygen atoms in total. The van der Waals surface area contributed by atoms with E-state index in [1.54, 1.807) is 0 Å². The van der Waals surface area contributed by atoms with Crippen molar-refractivity contribution < 1.29 is 13.2 Å². The second-order valence-corrected chi connectivity index (χ2v) is 8.50. The minimum atomic E-state index is -3.01. The van der Waals surface area contributed by atoms with Gasteiger partial charge in [0.25, 0.3) is 0 Å². The Kier molecular flexibility index (Phi) is 3.83. The highest BCUT2D eigenvalue weighted by atomic mass is 32.2. The van der Waals surface area contributed by atoms with E-state index < -0.39 is 9.84 Å². The topological polar surface area (TPSA) is 77.2 Å². The van der Waals surface area contributed by atoms with Crippen LogP contribution in [0.25, 0.3) is 0 Å². The number of nitrogens with two attached hydrogens (primary N) is 1. The van der Waals surface area contributed by atoms with Crippen LogP contribution in [0, 0.1) is 5.92 Å². The maximum absolute atomic E-state index is 12.2. The van der Waals surface area contributed by atoms with E-state index in [-0.39, 0.29) is 22.5 Å². The summed E-state index contributed by atoms with van der Waals surface area (Å²) in [7, 11) is -3.01. The lowest BCUT2D eigenvalue weighted by Gasteiger charge is -2.39. The third-order valence-electron chi connectivity index (χ3n) is 4.56. The molecule has 2 fully saturated rings. The highest BCUT2D eigenvalue weighted by molar-refractivity contribution is 7.91. The van der Waals surface area contributed by atoms with Crippen LogP contribution in [0.2, 0.25) is 0 Å². The zero-order chi connectivity index (χ0) is 13.4. The van der Waals surface area contributed by atoms with Crippen molar-refractivity contribution in [1.29, 1.82) is 0 Å². The van der Waals surface area contributed by atoms with Gasteiger partial charge in [0, 0.05) is 24.1 Å². The average molecular weight is 273 g/mol. The second-order valence-electron chi connectivity index (χ2n) is 6.17. The summed E-state index contributed by atoms with van der Waals surface area (Å²) < 4.78 is 23.1. The predicted molar refractivity (Wildman–Crippen MR) is 71.0 cm³/mol. The van der Waals surface area contributed by atoms with E-state index in [0.717, 1.165) is 32.1 Å². The Morgan fingerprint density at radius 3 is 2.44 bits per heavy atom. The molecule has 2 aliphatic rings. The van der Waals surface area contributed by atoms with Crippen molar-refractivity contribution in [2.45, 2.75) is 62.2 Å². The molecule has 0 saturated heterocycles. The van der Waals surface area contributed by atoms with Gasteiger partial charge in [-0.25, -0.2) is 8.42 Å². The molecule has 2 rings (SSSR count). The van der Waals surface area contributed by atoms with Crippen LogP contribution in [0.4, 0.5) is 0 Å². The largest absolute Gasteiger partial charge is 0.325 e. The lowest BCUT2D eigenvalue weighted by atomic mass is 9.71. The standard InChI is InChI=1S/C13H23NO3S/c1-18(16,17)11-5-2-4-10(8-11)12(15)9-13(14)6-3-7-13/h10-11H,2-9,14H2,1H3. The zero-order valence-electron chi connectivity index (χ0n) is 11.0. The highest BCUT2D eigenvalue weighted by Gasteiger charge is 2.38. The Morgan fingerprint density at radius 1 is 1.28 bits per heavy atom. The SMILES string of the molecule is CS(=O)(=O)C1CCCC(C(=O)CC2(N)CCC2)C1. The minimum absolute atomic E-state index is 0.0838. The Labute approximate surface area is 109 Å². The third kappa shape index (κ3) is 3.12. The lowest BCUT2D eigenvalue weighted by Crippen LogP contribution is -2.49. The maximum atomic E-state index is 12.2. The first-order valence-electron chi connectivity index (χ1n) is 6.81. The molecule has 5 heteroatoms. The summed E-state index contributed by atoms with van der Waals surface area (Å²) in [5.41, 5.74) is 5.81. The summed E-state index contributed by atoms with van der Waals surface area (Å²) in [6.45, 7) is 0. The fourth-order valence-corrected chi connectivity index (χ4v) is 4.30. The lowest BCUT2D eigenvalue weighted by molar-refractivity contribution is -0.125. The second kappa shape index (κ2) is 4.93. The molecule has 0 heterocycles. The predicted octanol–water partition coefficient (Wildman–Crippen LogP) is 1.43. The molecule has 2 saturated carbocycles. The first kappa shape index (κ1) is 14.0. The van der Waals surface area contributed by atoms with Crippen LogP contribution in [0.15, 0.2) is 0 Å². The monoisotopic (exact) mass is 273 g/mol. The normalized spacial score (nSPS) is 31.7. The van der Waals surface area contributed by atoms with Crippen LogP contribution in [-0.2, 0) is 14.6 Å². The Balaban J connectivity index is 1.94. The van der Waals surface area contributed by atoms with Gasteiger partial charge in [0.1, 0.15) is 15.6 Å². The Bertz CT molecular complexity index is 426. The number of hydrogen-bond donors (Lipinski definition) is 1. The van der Waals surface area contributed by atoms with E-state index >= 15 is 0 Å².